The Morgan fingerprint density at radius 3 is 2.70 bits per heavy atom. The van der Waals surface area contributed by atoms with Crippen molar-refractivity contribution in [3.8, 4) is 5.75 Å². The summed E-state index contributed by atoms with van der Waals surface area (Å²) in [5.74, 6) is 1.64. The zero-order valence-electron chi connectivity index (χ0n) is 16.5. The number of nitrogens with zero attached hydrogens (tertiary/aromatic N) is 2. The predicted octanol–water partition coefficient (Wildman–Crippen LogP) is 2.70. The van der Waals surface area contributed by atoms with Gasteiger partial charge in [0.25, 0.3) is 5.56 Å². The van der Waals surface area contributed by atoms with Crippen LogP contribution in [0, 0.1) is 6.92 Å². The van der Waals surface area contributed by atoms with E-state index in [-0.39, 0.29) is 5.56 Å². The minimum Gasteiger partial charge on any atom is -0.497 e. The van der Waals surface area contributed by atoms with Gasteiger partial charge in [-0.05, 0) is 50.5 Å². The molecule has 0 unspecified atom stereocenters. The molecule has 0 amide bonds. The van der Waals surface area contributed by atoms with E-state index in [2.05, 4.69) is 15.6 Å². The molecule has 0 fully saturated rings. The Bertz CT molecular complexity index is 799. The number of rotatable bonds is 9. The van der Waals surface area contributed by atoms with Crippen LogP contribution in [-0.2, 0) is 13.1 Å². The molecular formula is C21H30N4O2. The molecule has 1 heterocycles. The number of nitrogens with one attached hydrogen (secondary N) is 2. The topological polar surface area (TPSA) is 67.7 Å². The van der Waals surface area contributed by atoms with Crippen molar-refractivity contribution in [1.29, 1.82) is 0 Å². The summed E-state index contributed by atoms with van der Waals surface area (Å²) in [5.41, 5.74) is 2.17. The van der Waals surface area contributed by atoms with Crippen molar-refractivity contribution >= 4 is 5.96 Å². The van der Waals surface area contributed by atoms with Crippen LogP contribution < -0.4 is 20.9 Å². The van der Waals surface area contributed by atoms with Crippen LogP contribution >= 0.6 is 0 Å². The lowest BCUT2D eigenvalue weighted by atomic mass is 10.2. The molecule has 0 aliphatic rings. The lowest BCUT2D eigenvalue weighted by molar-refractivity contribution is 0.414. The van der Waals surface area contributed by atoms with Crippen LogP contribution in [0.4, 0.5) is 0 Å². The molecule has 0 aliphatic heterocycles. The molecule has 146 valence electrons. The smallest absolute Gasteiger partial charge is 0.250 e. The highest BCUT2D eigenvalue weighted by atomic mass is 16.5. The standard InChI is InChI=1S/C21H30N4O2/c1-4-22-21(24-16-18-10-8-11-19(15-18)27-3)23-13-5-6-14-25-17(2)9-7-12-20(25)26/h7-12,15H,4-6,13-14,16H2,1-3H3,(H2,22,23,24). The summed E-state index contributed by atoms with van der Waals surface area (Å²) in [6, 6.07) is 13.3. The molecule has 0 saturated heterocycles. The number of ether oxygens (including phenoxy) is 1. The molecule has 27 heavy (non-hydrogen) atoms. The van der Waals surface area contributed by atoms with E-state index in [1.54, 1.807) is 19.2 Å². The van der Waals surface area contributed by atoms with E-state index >= 15 is 0 Å². The molecule has 2 rings (SSSR count). The van der Waals surface area contributed by atoms with Crippen molar-refractivity contribution in [2.24, 2.45) is 4.99 Å². The first-order chi connectivity index (χ1) is 13.1. The molecule has 1 aromatic heterocycles. The maximum atomic E-state index is 11.9. The summed E-state index contributed by atoms with van der Waals surface area (Å²) < 4.78 is 7.07. The molecule has 0 spiro atoms. The van der Waals surface area contributed by atoms with Gasteiger partial charge in [-0.1, -0.05) is 18.2 Å². The van der Waals surface area contributed by atoms with Gasteiger partial charge >= 0.3 is 0 Å². The van der Waals surface area contributed by atoms with Crippen LogP contribution in [-0.4, -0.2) is 30.7 Å². The van der Waals surface area contributed by atoms with E-state index < -0.39 is 0 Å². The fraction of sp³-hybridized carbons (Fsp3) is 0.429. The molecule has 2 aromatic rings. The lowest BCUT2D eigenvalue weighted by Gasteiger charge is -2.12. The average molecular weight is 370 g/mol. The predicted molar refractivity (Wildman–Crippen MR) is 110 cm³/mol. The first kappa shape index (κ1) is 20.6. The van der Waals surface area contributed by atoms with Crippen LogP contribution in [0.5, 0.6) is 5.75 Å². The van der Waals surface area contributed by atoms with E-state index in [4.69, 9.17) is 4.74 Å². The van der Waals surface area contributed by atoms with Crippen molar-refractivity contribution in [2.45, 2.75) is 39.8 Å². The molecule has 1 aromatic carbocycles. The van der Waals surface area contributed by atoms with Crippen molar-refractivity contribution in [3.63, 3.8) is 0 Å². The fourth-order valence-corrected chi connectivity index (χ4v) is 2.79. The fourth-order valence-electron chi connectivity index (χ4n) is 2.79. The molecular weight excluding hydrogens is 340 g/mol. The van der Waals surface area contributed by atoms with Gasteiger partial charge in [0.15, 0.2) is 5.96 Å². The zero-order chi connectivity index (χ0) is 19.5. The lowest BCUT2D eigenvalue weighted by Crippen LogP contribution is -2.37. The van der Waals surface area contributed by atoms with E-state index in [1.165, 1.54) is 0 Å². The van der Waals surface area contributed by atoms with Gasteiger partial charge in [-0.2, -0.15) is 0 Å². The summed E-state index contributed by atoms with van der Waals surface area (Å²) in [6.07, 6.45) is 1.90. The number of aromatic nitrogens is 1. The number of benzene rings is 1. The minimum absolute atomic E-state index is 0.0659. The third-order valence-corrected chi connectivity index (χ3v) is 4.27. The summed E-state index contributed by atoms with van der Waals surface area (Å²) in [6.45, 7) is 6.96. The summed E-state index contributed by atoms with van der Waals surface area (Å²) >= 11 is 0. The Morgan fingerprint density at radius 2 is 1.96 bits per heavy atom. The van der Waals surface area contributed by atoms with Gasteiger partial charge in [0.2, 0.25) is 0 Å². The average Bonchev–Trinajstić information content (AvgIpc) is 2.68. The van der Waals surface area contributed by atoms with Gasteiger partial charge in [-0.15, -0.1) is 0 Å². The van der Waals surface area contributed by atoms with Crippen LogP contribution in [0.15, 0.2) is 52.3 Å². The normalized spacial score (nSPS) is 11.3. The number of aryl methyl sites for hydroxylation is 1. The second-order valence-electron chi connectivity index (χ2n) is 6.34. The first-order valence-electron chi connectivity index (χ1n) is 9.45. The highest BCUT2D eigenvalue weighted by Crippen LogP contribution is 2.13. The van der Waals surface area contributed by atoms with E-state index in [1.807, 2.05) is 48.7 Å². The molecule has 0 atom stereocenters. The summed E-state index contributed by atoms with van der Waals surface area (Å²) in [4.78, 5) is 16.5. The number of hydrogen-bond acceptors (Lipinski definition) is 3. The third-order valence-electron chi connectivity index (χ3n) is 4.27. The molecule has 2 N–H and O–H groups in total. The van der Waals surface area contributed by atoms with Crippen LogP contribution in [0.25, 0.3) is 0 Å². The number of methoxy groups -OCH3 is 1. The maximum absolute atomic E-state index is 11.9. The SMILES string of the molecule is CCNC(=NCc1cccc(OC)c1)NCCCCn1c(C)cccc1=O. The van der Waals surface area contributed by atoms with Crippen LogP contribution in [0.3, 0.4) is 0 Å². The second kappa shape index (κ2) is 11.1. The van der Waals surface area contributed by atoms with Crippen molar-refractivity contribution in [2.75, 3.05) is 20.2 Å². The Morgan fingerprint density at radius 1 is 1.15 bits per heavy atom. The van der Waals surface area contributed by atoms with Gasteiger partial charge in [0, 0.05) is 31.4 Å². The van der Waals surface area contributed by atoms with E-state index in [0.29, 0.717) is 6.54 Å². The second-order valence-corrected chi connectivity index (χ2v) is 6.34. The Balaban J connectivity index is 1.80. The Kier molecular flexibility index (Phi) is 8.42. The molecule has 0 radical (unpaired) electrons. The van der Waals surface area contributed by atoms with Gasteiger partial charge in [-0.25, -0.2) is 4.99 Å². The molecule has 0 bridgehead atoms. The molecule has 6 heteroatoms. The van der Waals surface area contributed by atoms with E-state index in [0.717, 1.165) is 55.4 Å². The monoisotopic (exact) mass is 370 g/mol. The minimum atomic E-state index is 0.0659. The van der Waals surface area contributed by atoms with Crippen LogP contribution in [0.2, 0.25) is 0 Å². The van der Waals surface area contributed by atoms with Gasteiger partial charge in [0.1, 0.15) is 5.75 Å². The molecule has 0 saturated carbocycles. The zero-order valence-corrected chi connectivity index (χ0v) is 16.5. The Labute approximate surface area is 161 Å². The number of guanidine groups is 1. The van der Waals surface area contributed by atoms with Crippen molar-refractivity contribution in [3.05, 3.63) is 64.1 Å². The highest BCUT2D eigenvalue weighted by molar-refractivity contribution is 5.79. The van der Waals surface area contributed by atoms with Crippen molar-refractivity contribution in [1.82, 2.24) is 15.2 Å². The summed E-state index contributed by atoms with van der Waals surface area (Å²) in [7, 11) is 1.67. The number of unbranched alkanes of at least 4 members (excludes halogenated alkanes) is 1. The molecule has 6 nitrogen and oxygen atoms in total. The summed E-state index contributed by atoms with van der Waals surface area (Å²) in [5, 5.41) is 6.62. The first-order valence-corrected chi connectivity index (χ1v) is 9.45. The quantitative estimate of drug-likeness (QED) is 0.405. The Hall–Kier alpha value is -2.76. The largest absolute Gasteiger partial charge is 0.497 e. The van der Waals surface area contributed by atoms with Crippen LogP contribution in [0.1, 0.15) is 31.0 Å². The molecule has 0 aliphatic carbocycles. The highest BCUT2D eigenvalue weighted by Gasteiger charge is 2.01. The van der Waals surface area contributed by atoms with Crippen molar-refractivity contribution < 1.29 is 4.74 Å². The van der Waals surface area contributed by atoms with Gasteiger partial charge < -0.3 is 19.9 Å². The number of aliphatic imine (C=N–C) groups is 1. The third kappa shape index (κ3) is 6.81. The van der Waals surface area contributed by atoms with Gasteiger partial charge in [-0.3, -0.25) is 4.79 Å². The number of pyridine rings is 1. The van der Waals surface area contributed by atoms with Gasteiger partial charge in [0.05, 0.1) is 13.7 Å². The van der Waals surface area contributed by atoms with E-state index in [9.17, 15) is 4.79 Å². The maximum Gasteiger partial charge on any atom is 0.250 e. The number of hydrogen-bond donors (Lipinski definition) is 2.